The number of thioether (sulfide) groups is 1. The largest absolute Gasteiger partial charge is 0.467 e. The van der Waals surface area contributed by atoms with Crippen LogP contribution in [0.1, 0.15) is 12.5 Å². The van der Waals surface area contributed by atoms with Gasteiger partial charge in [0.2, 0.25) is 11.0 Å². The number of aromatic nitrogens is 3. The summed E-state index contributed by atoms with van der Waals surface area (Å²) in [7, 11) is 1.31. The van der Waals surface area contributed by atoms with E-state index < -0.39 is 12.0 Å². The van der Waals surface area contributed by atoms with Crippen LogP contribution in [0.2, 0.25) is 0 Å². The van der Waals surface area contributed by atoms with Crippen molar-refractivity contribution in [1.82, 2.24) is 20.5 Å². The molecule has 0 aliphatic carbocycles. The summed E-state index contributed by atoms with van der Waals surface area (Å²) in [5, 5.41) is 15.6. The molecule has 3 N–H and O–H groups in total. The zero-order valence-electron chi connectivity index (χ0n) is 15.5. The molecular weight excluding hydrogens is 398 g/mol. The first kappa shape index (κ1) is 20.2. The van der Waals surface area contributed by atoms with Crippen molar-refractivity contribution in [1.29, 1.82) is 0 Å². The third-order valence-electron chi connectivity index (χ3n) is 3.98. The second-order valence-electron chi connectivity index (χ2n) is 5.90. The molecule has 1 amide bonds. The van der Waals surface area contributed by atoms with Crippen molar-refractivity contribution in [3.63, 3.8) is 0 Å². The van der Waals surface area contributed by atoms with E-state index in [0.717, 1.165) is 28.1 Å². The van der Waals surface area contributed by atoms with Crippen molar-refractivity contribution in [2.24, 2.45) is 0 Å². The molecule has 148 valence electrons. The van der Waals surface area contributed by atoms with E-state index >= 15 is 0 Å². The maximum Gasteiger partial charge on any atom is 0.328 e. The minimum atomic E-state index is -0.760. The van der Waals surface area contributed by atoms with Crippen molar-refractivity contribution in [2.75, 3.05) is 24.7 Å². The summed E-state index contributed by atoms with van der Waals surface area (Å²) >= 11 is 2.67. The van der Waals surface area contributed by atoms with Crippen molar-refractivity contribution in [3.05, 3.63) is 36.0 Å². The fourth-order valence-electron chi connectivity index (χ4n) is 2.71. The smallest absolute Gasteiger partial charge is 0.328 e. The summed E-state index contributed by atoms with van der Waals surface area (Å²) in [4.78, 5) is 27.7. The van der Waals surface area contributed by atoms with E-state index in [1.807, 2.05) is 37.4 Å². The highest BCUT2D eigenvalue weighted by molar-refractivity contribution is 8.01. The lowest BCUT2D eigenvalue weighted by atomic mass is 10.0. The molecule has 2 aromatic heterocycles. The number of hydrogen-bond donors (Lipinski definition) is 3. The van der Waals surface area contributed by atoms with E-state index in [2.05, 4.69) is 25.8 Å². The van der Waals surface area contributed by atoms with Gasteiger partial charge >= 0.3 is 5.97 Å². The first-order valence-corrected chi connectivity index (χ1v) is 10.5. The Bertz CT molecular complexity index is 956. The Kier molecular flexibility index (Phi) is 6.88. The zero-order valence-corrected chi connectivity index (χ0v) is 17.2. The molecule has 3 aromatic rings. The van der Waals surface area contributed by atoms with Gasteiger partial charge in [-0.1, -0.05) is 41.3 Å². The number of anilines is 1. The number of carbonyl (C=O) groups excluding carboxylic acids is 2. The first-order valence-electron chi connectivity index (χ1n) is 8.73. The van der Waals surface area contributed by atoms with Crippen LogP contribution < -0.4 is 10.6 Å². The number of nitrogens with zero attached hydrogens (tertiary/aromatic N) is 2. The van der Waals surface area contributed by atoms with Gasteiger partial charge in [0.25, 0.3) is 0 Å². The molecule has 1 aromatic carbocycles. The lowest BCUT2D eigenvalue weighted by Gasteiger charge is -2.16. The molecule has 0 aliphatic heterocycles. The van der Waals surface area contributed by atoms with Gasteiger partial charge in [0.05, 0.1) is 12.9 Å². The Labute approximate surface area is 170 Å². The van der Waals surface area contributed by atoms with Gasteiger partial charge in [-0.25, -0.2) is 4.79 Å². The number of nitrogens with one attached hydrogen (secondary N) is 3. The van der Waals surface area contributed by atoms with E-state index in [9.17, 15) is 9.59 Å². The molecule has 10 heteroatoms. The molecule has 0 radical (unpaired) electrons. The minimum Gasteiger partial charge on any atom is -0.467 e. The summed E-state index contributed by atoms with van der Waals surface area (Å²) in [5.41, 5.74) is 1.93. The van der Waals surface area contributed by atoms with Gasteiger partial charge in [0.15, 0.2) is 4.34 Å². The average molecular weight is 420 g/mol. The van der Waals surface area contributed by atoms with Crippen molar-refractivity contribution >= 4 is 51.0 Å². The van der Waals surface area contributed by atoms with Crippen LogP contribution in [0.15, 0.2) is 34.8 Å². The number of carbonyl (C=O) groups is 2. The van der Waals surface area contributed by atoms with E-state index in [-0.39, 0.29) is 11.7 Å². The Hall–Kier alpha value is -2.59. The molecule has 1 atom stereocenters. The molecule has 0 bridgehead atoms. The average Bonchev–Trinajstić information content (AvgIpc) is 3.33. The second-order valence-corrected chi connectivity index (χ2v) is 8.10. The van der Waals surface area contributed by atoms with Gasteiger partial charge in [-0.3, -0.25) is 4.79 Å². The quantitative estimate of drug-likeness (QED) is 0.361. The van der Waals surface area contributed by atoms with Crippen molar-refractivity contribution in [3.8, 4) is 0 Å². The number of ether oxygens (including phenoxy) is 1. The number of benzene rings is 1. The summed E-state index contributed by atoms with van der Waals surface area (Å²) in [6.45, 7) is 2.73. The van der Waals surface area contributed by atoms with Crippen LogP contribution in [-0.4, -0.2) is 52.5 Å². The van der Waals surface area contributed by atoms with E-state index in [1.165, 1.54) is 30.2 Å². The number of esters is 1. The predicted molar refractivity (Wildman–Crippen MR) is 111 cm³/mol. The monoisotopic (exact) mass is 419 g/mol. The molecule has 3 rings (SSSR count). The third kappa shape index (κ3) is 5.02. The standard InChI is InChI=1S/C18H21N5O3S2/c1-3-19-17-22-23-18(28-17)27-10-15(24)21-14(16(25)26-2)8-11-9-20-13-7-5-4-6-12(11)13/h4-7,9,14,20H,3,8,10H2,1-2H3,(H,19,22)(H,21,24)/t14-/m1/s1. The van der Waals surface area contributed by atoms with Crippen LogP contribution in [0.25, 0.3) is 10.9 Å². The minimum absolute atomic E-state index is 0.141. The van der Waals surface area contributed by atoms with Gasteiger partial charge in [-0.2, -0.15) is 0 Å². The van der Waals surface area contributed by atoms with Gasteiger partial charge in [0.1, 0.15) is 6.04 Å². The summed E-state index contributed by atoms with van der Waals surface area (Å²) in [6.07, 6.45) is 2.20. The summed E-state index contributed by atoms with van der Waals surface area (Å²) in [5.74, 6) is -0.600. The first-order chi connectivity index (χ1) is 13.6. The van der Waals surface area contributed by atoms with Gasteiger partial charge < -0.3 is 20.4 Å². The molecule has 0 aliphatic rings. The van der Waals surface area contributed by atoms with Gasteiger partial charge in [0, 0.05) is 30.1 Å². The third-order valence-corrected chi connectivity index (χ3v) is 6.00. The summed E-state index contributed by atoms with van der Waals surface area (Å²) in [6, 6.07) is 7.05. The molecule has 0 fully saturated rings. The highest BCUT2D eigenvalue weighted by Gasteiger charge is 2.23. The van der Waals surface area contributed by atoms with E-state index in [1.54, 1.807) is 0 Å². The topological polar surface area (TPSA) is 109 Å². The zero-order chi connectivity index (χ0) is 19.9. The molecule has 28 heavy (non-hydrogen) atoms. The summed E-state index contributed by atoms with van der Waals surface area (Å²) < 4.78 is 5.56. The number of para-hydroxylation sites is 1. The molecule has 0 unspecified atom stereocenters. The number of aromatic amines is 1. The number of amides is 1. The van der Waals surface area contributed by atoms with Crippen LogP contribution in [-0.2, 0) is 20.7 Å². The molecule has 2 heterocycles. The van der Waals surface area contributed by atoms with Gasteiger partial charge in [-0.05, 0) is 18.6 Å². The number of H-pyrrole nitrogens is 1. The highest BCUT2D eigenvalue weighted by atomic mass is 32.2. The van der Waals surface area contributed by atoms with Crippen LogP contribution in [0.5, 0.6) is 0 Å². The van der Waals surface area contributed by atoms with Crippen molar-refractivity contribution < 1.29 is 14.3 Å². The molecular formula is C18H21N5O3S2. The van der Waals surface area contributed by atoms with Crippen molar-refractivity contribution in [2.45, 2.75) is 23.7 Å². The van der Waals surface area contributed by atoms with Gasteiger partial charge in [-0.15, -0.1) is 10.2 Å². The normalized spacial score (nSPS) is 11.9. The Morgan fingerprint density at radius 1 is 1.32 bits per heavy atom. The molecule has 8 nitrogen and oxygen atoms in total. The van der Waals surface area contributed by atoms with Crippen LogP contribution in [0.4, 0.5) is 5.13 Å². The Morgan fingerprint density at radius 2 is 2.14 bits per heavy atom. The molecule has 0 saturated heterocycles. The SMILES string of the molecule is CCNc1nnc(SCC(=O)N[C@H](Cc2c[nH]c3ccccc23)C(=O)OC)s1. The lowest BCUT2D eigenvalue weighted by molar-refractivity contribution is -0.144. The maximum absolute atomic E-state index is 12.4. The fourth-order valence-corrected chi connectivity index (χ4v) is 4.34. The molecule has 0 saturated carbocycles. The number of fused-ring (bicyclic) bond motifs is 1. The second kappa shape index (κ2) is 9.56. The Morgan fingerprint density at radius 3 is 2.93 bits per heavy atom. The van der Waals surface area contributed by atoms with Crippen LogP contribution >= 0.6 is 23.1 Å². The van der Waals surface area contributed by atoms with Crippen LogP contribution in [0.3, 0.4) is 0 Å². The van der Waals surface area contributed by atoms with E-state index in [0.29, 0.717) is 10.8 Å². The predicted octanol–water partition coefficient (Wildman–Crippen LogP) is 2.44. The highest BCUT2D eigenvalue weighted by Crippen LogP contribution is 2.25. The fraction of sp³-hybridized carbons (Fsp3) is 0.333. The number of rotatable bonds is 9. The number of hydrogen-bond acceptors (Lipinski definition) is 8. The molecule has 0 spiro atoms. The lowest BCUT2D eigenvalue weighted by Crippen LogP contribution is -2.43. The Balaban J connectivity index is 1.61. The number of methoxy groups -OCH3 is 1. The van der Waals surface area contributed by atoms with E-state index in [4.69, 9.17) is 4.74 Å². The van der Waals surface area contributed by atoms with Crippen LogP contribution in [0, 0.1) is 0 Å². The maximum atomic E-state index is 12.4.